The third-order valence-electron chi connectivity index (χ3n) is 2.57. The Balaban J connectivity index is 2.58. The van der Waals surface area contributed by atoms with Gasteiger partial charge in [-0.25, -0.2) is 4.79 Å². The number of amides is 1. The van der Waals surface area contributed by atoms with Gasteiger partial charge in [0.1, 0.15) is 10.4 Å². The summed E-state index contributed by atoms with van der Waals surface area (Å²) in [6.07, 6.45) is 0. The monoisotopic (exact) mass is 329 g/mol. The van der Waals surface area contributed by atoms with Gasteiger partial charge in [-0.15, -0.1) is 0 Å². The maximum absolute atomic E-state index is 11.9. The first-order valence-corrected chi connectivity index (χ1v) is 6.54. The van der Waals surface area contributed by atoms with Gasteiger partial charge >= 0.3 is 5.97 Å². The van der Waals surface area contributed by atoms with Gasteiger partial charge in [-0.05, 0) is 26.0 Å². The van der Waals surface area contributed by atoms with Gasteiger partial charge in [0.25, 0.3) is 5.91 Å². The second kappa shape index (κ2) is 6.68. The minimum atomic E-state index is -0.932. The Morgan fingerprint density at radius 2 is 1.84 bits per heavy atom. The van der Waals surface area contributed by atoms with E-state index in [2.05, 4.69) is 21.4 Å². The minimum absolute atomic E-state index is 0.412. The van der Waals surface area contributed by atoms with Crippen LogP contribution in [-0.4, -0.2) is 24.0 Å². The van der Waals surface area contributed by atoms with Crippen LogP contribution in [0.2, 0.25) is 0 Å². The summed E-state index contributed by atoms with van der Waals surface area (Å²) in [6.45, 7) is 3.29. The zero-order valence-corrected chi connectivity index (χ0v) is 12.6. The lowest BCUT2D eigenvalue weighted by Gasteiger charge is -2.26. The van der Waals surface area contributed by atoms with Crippen LogP contribution in [0.15, 0.2) is 30.3 Å². The highest BCUT2D eigenvalue weighted by Gasteiger charge is 2.38. The minimum Gasteiger partial charge on any atom is -0.369 e. The molecule has 6 heteroatoms. The summed E-state index contributed by atoms with van der Waals surface area (Å²) >= 11 is 3.22. The Bertz CT molecular complexity index is 447. The highest BCUT2D eigenvalue weighted by molar-refractivity contribution is 9.09. The Kier molecular flexibility index (Phi) is 5.50. The average molecular weight is 330 g/mol. The molecule has 0 saturated heterocycles. The highest BCUT2D eigenvalue weighted by atomic mass is 79.9. The number of hydrogen-bond acceptors (Lipinski definition) is 4. The third kappa shape index (κ3) is 4.04. The molecule has 0 aliphatic heterocycles. The molecule has 1 amide bonds. The number of hydroxylamine groups is 1. The fraction of sp³-hybridized carbons (Fsp3) is 0.385. The van der Waals surface area contributed by atoms with Crippen molar-refractivity contribution in [2.24, 2.45) is 5.41 Å². The van der Waals surface area contributed by atoms with Crippen LogP contribution in [0, 0.1) is 5.41 Å². The van der Waals surface area contributed by atoms with Gasteiger partial charge in [-0.3, -0.25) is 4.79 Å². The van der Waals surface area contributed by atoms with Gasteiger partial charge in [-0.2, -0.15) is 5.48 Å². The number of alkyl halides is 1. The third-order valence-corrected chi connectivity index (χ3v) is 4.09. The zero-order chi connectivity index (χ0) is 14.5. The molecule has 0 fully saturated rings. The van der Waals surface area contributed by atoms with Crippen molar-refractivity contribution in [2.75, 3.05) is 7.11 Å². The number of carbonyl (C=O) groups is 2. The summed E-state index contributed by atoms with van der Waals surface area (Å²) in [4.78, 5) is 28.3. The Morgan fingerprint density at radius 3 is 2.37 bits per heavy atom. The standard InChI is InChI=1S/C13H16BrNO4/c1-13(2,11(14)18-3)12(17)19-15-10(16)9-7-5-4-6-8-9/h4-8,11H,1-3H3,(H,15,16). The van der Waals surface area contributed by atoms with Gasteiger partial charge in [0, 0.05) is 12.7 Å². The number of nitrogens with one attached hydrogen (secondary N) is 1. The number of halogens is 1. The quantitative estimate of drug-likeness (QED) is 0.679. The molecule has 0 radical (unpaired) electrons. The fourth-order valence-corrected chi connectivity index (χ4v) is 1.45. The lowest BCUT2D eigenvalue weighted by atomic mass is 9.95. The van der Waals surface area contributed by atoms with Crippen LogP contribution >= 0.6 is 15.9 Å². The fourth-order valence-electron chi connectivity index (χ4n) is 1.26. The summed E-state index contributed by atoms with van der Waals surface area (Å²) in [5, 5.41) is -0.513. The van der Waals surface area contributed by atoms with Gasteiger partial charge < -0.3 is 9.57 Å². The predicted octanol–water partition coefficient (Wildman–Crippen LogP) is 2.27. The van der Waals surface area contributed by atoms with E-state index < -0.39 is 22.3 Å². The van der Waals surface area contributed by atoms with E-state index in [4.69, 9.17) is 9.57 Å². The molecule has 0 saturated carbocycles. The molecule has 0 bridgehead atoms. The van der Waals surface area contributed by atoms with E-state index in [1.807, 2.05) is 0 Å². The molecule has 104 valence electrons. The molecule has 1 aromatic rings. The van der Waals surface area contributed by atoms with Crippen LogP contribution < -0.4 is 5.48 Å². The van der Waals surface area contributed by atoms with Crippen LogP contribution in [0.4, 0.5) is 0 Å². The number of ether oxygens (including phenoxy) is 1. The molecule has 1 rings (SSSR count). The van der Waals surface area contributed by atoms with Crippen LogP contribution in [0.3, 0.4) is 0 Å². The molecular weight excluding hydrogens is 314 g/mol. The van der Waals surface area contributed by atoms with Crippen molar-refractivity contribution in [3.63, 3.8) is 0 Å². The first kappa shape index (κ1) is 15.7. The van der Waals surface area contributed by atoms with Gasteiger partial charge in [-0.1, -0.05) is 34.1 Å². The lowest BCUT2D eigenvalue weighted by molar-refractivity contribution is -0.163. The first-order chi connectivity index (χ1) is 8.89. The highest BCUT2D eigenvalue weighted by Crippen LogP contribution is 2.28. The molecular formula is C13H16BrNO4. The molecule has 19 heavy (non-hydrogen) atoms. The molecule has 5 nitrogen and oxygen atoms in total. The molecule has 0 heterocycles. The van der Waals surface area contributed by atoms with Gasteiger partial charge in [0.2, 0.25) is 0 Å². The van der Waals surface area contributed by atoms with Crippen LogP contribution in [0.5, 0.6) is 0 Å². The van der Waals surface area contributed by atoms with Crippen molar-refractivity contribution in [3.8, 4) is 0 Å². The molecule has 0 aliphatic carbocycles. The van der Waals surface area contributed by atoms with Crippen molar-refractivity contribution in [2.45, 2.75) is 18.9 Å². The largest absolute Gasteiger partial charge is 0.369 e. The van der Waals surface area contributed by atoms with Crippen LogP contribution in [0.1, 0.15) is 24.2 Å². The topological polar surface area (TPSA) is 64.6 Å². The molecule has 1 N–H and O–H groups in total. The summed E-state index contributed by atoms with van der Waals surface area (Å²) in [6, 6.07) is 8.48. The molecule has 1 unspecified atom stereocenters. The first-order valence-electron chi connectivity index (χ1n) is 5.63. The van der Waals surface area contributed by atoms with Crippen LogP contribution in [-0.2, 0) is 14.4 Å². The maximum atomic E-state index is 11.9. The van der Waals surface area contributed by atoms with E-state index in [1.54, 1.807) is 44.2 Å². The molecule has 0 spiro atoms. The molecule has 1 atom stereocenters. The van der Waals surface area contributed by atoms with Crippen LogP contribution in [0.25, 0.3) is 0 Å². The zero-order valence-electron chi connectivity index (χ0n) is 11.0. The smallest absolute Gasteiger partial charge is 0.341 e. The Hall–Kier alpha value is -1.40. The summed E-state index contributed by atoms with van der Waals surface area (Å²) in [5.41, 5.74) is 1.60. The molecule has 0 aliphatic rings. The number of methoxy groups -OCH3 is 1. The number of carbonyl (C=O) groups excluding carboxylic acids is 2. The van der Waals surface area contributed by atoms with E-state index in [0.29, 0.717) is 5.56 Å². The van der Waals surface area contributed by atoms with E-state index in [-0.39, 0.29) is 0 Å². The van der Waals surface area contributed by atoms with Crippen molar-refractivity contribution in [1.82, 2.24) is 5.48 Å². The number of benzene rings is 1. The molecule has 0 aromatic heterocycles. The SMILES string of the molecule is COC(Br)C(C)(C)C(=O)ONC(=O)c1ccccc1. The van der Waals surface area contributed by atoms with E-state index in [1.165, 1.54) is 7.11 Å². The van der Waals surface area contributed by atoms with Crippen molar-refractivity contribution < 1.29 is 19.2 Å². The Morgan fingerprint density at radius 1 is 1.26 bits per heavy atom. The van der Waals surface area contributed by atoms with Crippen molar-refractivity contribution in [3.05, 3.63) is 35.9 Å². The second-order valence-corrected chi connectivity index (χ2v) is 5.29. The second-order valence-electron chi connectivity index (χ2n) is 4.46. The summed E-state index contributed by atoms with van der Waals surface area (Å²) in [5.74, 6) is -1.08. The lowest BCUT2D eigenvalue weighted by Crippen LogP contribution is -2.40. The number of hydrogen-bond donors (Lipinski definition) is 1. The Labute approximate surface area is 120 Å². The van der Waals surface area contributed by atoms with Crippen molar-refractivity contribution >= 4 is 27.8 Å². The number of rotatable bonds is 4. The van der Waals surface area contributed by atoms with Crippen molar-refractivity contribution in [1.29, 1.82) is 0 Å². The summed E-state index contributed by atoms with van der Waals surface area (Å²) in [7, 11) is 1.47. The van der Waals surface area contributed by atoms with E-state index >= 15 is 0 Å². The molecule has 1 aromatic carbocycles. The maximum Gasteiger partial charge on any atom is 0.341 e. The van der Waals surface area contributed by atoms with E-state index in [0.717, 1.165) is 0 Å². The van der Waals surface area contributed by atoms with Gasteiger partial charge in [0.15, 0.2) is 0 Å². The van der Waals surface area contributed by atoms with Gasteiger partial charge in [0.05, 0.1) is 0 Å². The summed E-state index contributed by atoms with van der Waals surface area (Å²) < 4.78 is 5.03. The average Bonchev–Trinajstić information content (AvgIpc) is 2.44. The predicted molar refractivity (Wildman–Crippen MR) is 73.5 cm³/mol. The van der Waals surface area contributed by atoms with E-state index in [9.17, 15) is 9.59 Å². The normalized spacial score (nSPS) is 12.6.